The zero-order valence-corrected chi connectivity index (χ0v) is 10.0. The fraction of sp³-hybridized carbons (Fsp3) is 0.286. The summed E-state index contributed by atoms with van der Waals surface area (Å²) in [5.41, 5.74) is 0.00637. The molecule has 0 unspecified atom stereocenters. The van der Waals surface area contributed by atoms with Crippen LogP contribution in [0.2, 0.25) is 0 Å². The molecule has 0 fully saturated rings. The highest BCUT2D eigenvalue weighted by Crippen LogP contribution is 2.32. The van der Waals surface area contributed by atoms with Gasteiger partial charge in [-0.3, -0.25) is 0 Å². The molecule has 1 N–H and O–H groups in total. The Hall–Kier alpha value is 0.0200. The Morgan fingerprint density at radius 1 is 1.62 bits per heavy atom. The van der Waals surface area contributed by atoms with E-state index in [1.165, 1.54) is 6.20 Å². The molecule has 0 bridgehead atoms. The van der Waals surface area contributed by atoms with Crippen molar-refractivity contribution in [1.82, 2.24) is 4.98 Å². The average molecular weight is 364 g/mol. The van der Waals surface area contributed by atoms with Gasteiger partial charge >= 0.3 is 0 Å². The summed E-state index contributed by atoms with van der Waals surface area (Å²) in [6, 6.07) is 0. The molecular formula is C7H5BrF2INO. The monoisotopic (exact) mass is 363 g/mol. The van der Waals surface area contributed by atoms with E-state index in [0.717, 1.165) is 0 Å². The summed E-state index contributed by atoms with van der Waals surface area (Å²) in [6.45, 7) is 0. The minimum Gasteiger partial charge on any atom is -0.506 e. The smallest absolute Gasteiger partial charge is 0.266 e. The Labute approximate surface area is 95.6 Å². The number of aromatic hydroxyl groups is 1. The van der Waals surface area contributed by atoms with Gasteiger partial charge in [-0.2, -0.15) is 0 Å². The number of aromatic nitrogens is 1. The Morgan fingerprint density at radius 3 is 2.62 bits per heavy atom. The van der Waals surface area contributed by atoms with Crippen molar-refractivity contribution >= 4 is 38.5 Å². The topological polar surface area (TPSA) is 33.1 Å². The Balaban J connectivity index is 3.35. The molecule has 0 atom stereocenters. The lowest BCUT2D eigenvalue weighted by Gasteiger charge is -2.09. The van der Waals surface area contributed by atoms with Crippen LogP contribution in [0.15, 0.2) is 6.20 Å². The minimum absolute atomic E-state index is 0.191. The zero-order chi connectivity index (χ0) is 10.0. The number of pyridine rings is 1. The van der Waals surface area contributed by atoms with Crippen LogP contribution in [0.5, 0.6) is 5.75 Å². The van der Waals surface area contributed by atoms with Gasteiger partial charge in [0.05, 0.1) is 11.8 Å². The highest BCUT2D eigenvalue weighted by Gasteiger charge is 2.19. The standard InChI is InChI=1S/C7H5BrF2INO/c8-1-3-4(13)2-12-7(11)5(3)6(9)10/h2,6,13H,1H2. The molecule has 0 radical (unpaired) electrons. The van der Waals surface area contributed by atoms with E-state index < -0.39 is 6.43 Å². The summed E-state index contributed by atoms with van der Waals surface area (Å²) in [5, 5.41) is 9.43. The lowest BCUT2D eigenvalue weighted by molar-refractivity contribution is 0.148. The van der Waals surface area contributed by atoms with E-state index >= 15 is 0 Å². The molecule has 0 amide bonds. The number of halogens is 4. The molecule has 1 rings (SSSR count). The van der Waals surface area contributed by atoms with Crippen LogP contribution in [0.25, 0.3) is 0 Å². The largest absolute Gasteiger partial charge is 0.506 e. The normalized spacial score (nSPS) is 10.8. The molecule has 2 nitrogen and oxygen atoms in total. The Bertz CT molecular complexity index is 322. The van der Waals surface area contributed by atoms with Crippen molar-refractivity contribution in [3.05, 3.63) is 21.0 Å². The van der Waals surface area contributed by atoms with E-state index in [-0.39, 0.29) is 25.9 Å². The molecule has 0 aliphatic carbocycles. The van der Waals surface area contributed by atoms with E-state index in [4.69, 9.17) is 0 Å². The van der Waals surface area contributed by atoms with Crippen LogP contribution in [0.3, 0.4) is 0 Å². The van der Waals surface area contributed by atoms with E-state index in [1.54, 1.807) is 22.6 Å². The van der Waals surface area contributed by atoms with Crippen molar-refractivity contribution in [2.24, 2.45) is 0 Å². The second kappa shape index (κ2) is 4.50. The van der Waals surface area contributed by atoms with Gasteiger partial charge in [-0.05, 0) is 22.6 Å². The maximum atomic E-state index is 12.5. The van der Waals surface area contributed by atoms with E-state index in [1.807, 2.05) is 0 Å². The summed E-state index contributed by atoms with van der Waals surface area (Å²) in [7, 11) is 0. The van der Waals surface area contributed by atoms with Gasteiger partial charge < -0.3 is 5.11 Å². The second-order valence-electron chi connectivity index (χ2n) is 2.26. The first-order chi connectivity index (χ1) is 6.07. The third-order valence-corrected chi connectivity index (χ3v) is 2.93. The third kappa shape index (κ3) is 2.28. The molecule has 1 aromatic heterocycles. The van der Waals surface area contributed by atoms with Crippen molar-refractivity contribution in [3.8, 4) is 5.75 Å². The highest BCUT2D eigenvalue weighted by atomic mass is 127. The van der Waals surface area contributed by atoms with Gasteiger partial charge in [0.15, 0.2) is 0 Å². The second-order valence-corrected chi connectivity index (χ2v) is 3.84. The molecule has 0 saturated carbocycles. The molecular weight excluding hydrogens is 359 g/mol. The summed E-state index contributed by atoms with van der Waals surface area (Å²) < 4.78 is 25.2. The zero-order valence-electron chi connectivity index (χ0n) is 6.27. The lowest BCUT2D eigenvalue weighted by atomic mass is 10.1. The summed E-state index contributed by atoms with van der Waals surface area (Å²) in [5.74, 6) is -0.201. The third-order valence-electron chi connectivity index (χ3n) is 1.51. The van der Waals surface area contributed by atoms with Gasteiger partial charge in [-0.25, -0.2) is 13.8 Å². The van der Waals surface area contributed by atoms with E-state index in [2.05, 4.69) is 20.9 Å². The Morgan fingerprint density at radius 2 is 2.23 bits per heavy atom. The number of hydrogen-bond donors (Lipinski definition) is 1. The molecule has 1 aromatic rings. The van der Waals surface area contributed by atoms with E-state index in [0.29, 0.717) is 0 Å². The summed E-state index contributed by atoms with van der Waals surface area (Å²) in [6.07, 6.45) is -1.44. The summed E-state index contributed by atoms with van der Waals surface area (Å²) in [4.78, 5) is 3.64. The maximum Gasteiger partial charge on any atom is 0.266 e. The van der Waals surface area contributed by atoms with Gasteiger partial charge in [0.25, 0.3) is 6.43 Å². The first kappa shape index (κ1) is 11.1. The van der Waals surface area contributed by atoms with Crippen molar-refractivity contribution in [3.63, 3.8) is 0 Å². The van der Waals surface area contributed by atoms with Crippen LogP contribution in [-0.4, -0.2) is 10.1 Å². The predicted molar refractivity (Wildman–Crippen MR) is 56.2 cm³/mol. The first-order valence-corrected chi connectivity index (χ1v) is 5.48. The SMILES string of the molecule is Oc1cnc(I)c(C(F)F)c1CBr. The highest BCUT2D eigenvalue weighted by molar-refractivity contribution is 14.1. The molecule has 0 aromatic carbocycles. The van der Waals surface area contributed by atoms with Crippen LogP contribution >= 0.6 is 38.5 Å². The van der Waals surface area contributed by atoms with Crippen molar-refractivity contribution in [1.29, 1.82) is 0 Å². The fourth-order valence-electron chi connectivity index (χ4n) is 0.890. The molecule has 6 heteroatoms. The molecule has 0 saturated heterocycles. The molecule has 0 spiro atoms. The van der Waals surface area contributed by atoms with Crippen LogP contribution in [0.1, 0.15) is 17.6 Å². The van der Waals surface area contributed by atoms with Gasteiger partial charge in [0.2, 0.25) is 0 Å². The molecule has 72 valence electrons. The molecule has 13 heavy (non-hydrogen) atoms. The molecule has 1 heterocycles. The average Bonchev–Trinajstić information content (AvgIpc) is 2.07. The number of rotatable bonds is 2. The van der Waals surface area contributed by atoms with Crippen LogP contribution in [-0.2, 0) is 5.33 Å². The number of nitrogens with zero attached hydrogens (tertiary/aromatic N) is 1. The van der Waals surface area contributed by atoms with Crippen molar-refractivity contribution in [2.45, 2.75) is 11.8 Å². The maximum absolute atomic E-state index is 12.5. The molecule has 0 aliphatic heterocycles. The summed E-state index contributed by atoms with van der Waals surface area (Å²) >= 11 is 4.76. The fourth-order valence-corrected chi connectivity index (χ4v) is 2.18. The van der Waals surface area contributed by atoms with Crippen LogP contribution < -0.4 is 0 Å². The van der Waals surface area contributed by atoms with Gasteiger partial charge in [0, 0.05) is 10.9 Å². The number of hydrogen-bond acceptors (Lipinski definition) is 2. The van der Waals surface area contributed by atoms with Gasteiger partial charge in [0.1, 0.15) is 9.45 Å². The first-order valence-electron chi connectivity index (χ1n) is 3.28. The number of alkyl halides is 3. The molecule has 0 aliphatic rings. The van der Waals surface area contributed by atoms with Crippen LogP contribution in [0, 0.1) is 3.70 Å². The van der Waals surface area contributed by atoms with Crippen molar-refractivity contribution < 1.29 is 13.9 Å². The van der Waals surface area contributed by atoms with Crippen molar-refractivity contribution in [2.75, 3.05) is 0 Å². The Kier molecular flexibility index (Phi) is 3.84. The predicted octanol–water partition coefficient (Wildman–Crippen LogP) is 3.22. The lowest BCUT2D eigenvalue weighted by Crippen LogP contribution is -1.99. The van der Waals surface area contributed by atoms with Gasteiger partial charge in [-0.1, -0.05) is 15.9 Å². The minimum atomic E-state index is -2.61. The van der Waals surface area contributed by atoms with Crippen LogP contribution in [0.4, 0.5) is 8.78 Å². The van der Waals surface area contributed by atoms with E-state index in [9.17, 15) is 13.9 Å². The quantitative estimate of drug-likeness (QED) is 0.497. The van der Waals surface area contributed by atoms with Gasteiger partial charge in [-0.15, -0.1) is 0 Å².